The largest absolute Gasteiger partial charge is 0.243 e. The Balaban J connectivity index is 2.10. The van der Waals surface area contributed by atoms with Crippen LogP contribution in [0.15, 0.2) is 11.5 Å². The van der Waals surface area contributed by atoms with Crippen molar-refractivity contribution < 1.29 is 0 Å². The minimum atomic E-state index is 1.14. The van der Waals surface area contributed by atoms with Gasteiger partial charge in [0.25, 0.3) is 0 Å². The van der Waals surface area contributed by atoms with Crippen LogP contribution in [-0.4, -0.2) is 17.4 Å². The highest BCUT2D eigenvalue weighted by molar-refractivity contribution is 8.00. The second kappa shape index (κ2) is 3.15. The summed E-state index contributed by atoms with van der Waals surface area (Å²) in [7, 11) is 0. The monoisotopic (exact) mass is 129 g/mol. The third-order valence-corrected chi connectivity index (χ3v) is 2.03. The molecule has 0 saturated carbocycles. The lowest BCUT2D eigenvalue weighted by molar-refractivity contribution is 0.525. The molecule has 0 aromatic carbocycles. The molecule has 0 aromatic heterocycles. The second-order valence-corrected chi connectivity index (χ2v) is 2.86. The molecule has 0 saturated heterocycles. The van der Waals surface area contributed by atoms with Crippen LogP contribution in [0.1, 0.15) is 13.3 Å². The first-order valence-corrected chi connectivity index (χ1v) is 3.84. The van der Waals surface area contributed by atoms with Gasteiger partial charge in [-0.2, -0.15) is 0 Å². The summed E-state index contributed by atoms with van der Waals surface area (Å²) in [6.45, 7) is 4.56. The van der Waals surface area contributed by atoms with Gasteiger partial charge in [0.2, 0.25) is 0 Å². The van der Waals surface area contributed by atoms with Gasteiger partial charge in [-0.1, -0.05) is 24.9 Å². The molecule has 0 N–H and O–H groups in total. The molecule has 1 rings (SSSR count). The van der Waals surface area contributed by atoms with Gasteiger partial charge in [0.1, 0.15) is 0 Å². The van der Waals surface area contributed by atoms with Crippen molar-refractivity contribution in [1.29, 1.82) is 0 Å². The highest BCUT2D eigenvalue weighted by atomic mass is 32.2. The lowest BCUT2D eigenvalue weighted by Gasteiger charge is -2.09. The molecular weight excluding hydrogens is 118 g/mol. The zero-order valence-electron chi connectivity index (χ0n) is 5.13. The van der Waals surface area contributed by atoms with Crippen LogP contribution in [0.25, 0.3) is 0 Å². The van der Waals surface area contributed by atoms with E-state index in [1.165, 1.54) is 13.0 Å². The average molecular weight is 129 g/mol. The van der Waals surface area contributed by atoms with Gasteiger partial charge < -0.3 is 0 Å². The molecule has 0 spiro atoms. The summed E-state index contributed by atoms with van der Waals surface area (Å²) in [6, 6.07) is 0. The van der Waals surface area contributed by atoms with Gasteiger partial charge in [-0.15, -0.1) is 0 Å². The quantitative estimate of drug-likeness (QED) is 0.524. The molecule has 0 fully saturated rings. The van der Waals surface area contributed by atoms with E-state index in [4.69, 9.17) is 0 Å². The number of nitrogens with zero attached hydrogens (tertiary/aromatic N) is 1. The molecule has 0 bridgehead atoms. The Hall–Kier alpha value is 0.0500. The Kier molecular flexibility index (Phi) is 2.43. The van der Waals surface area contributed by atoms with Gasteiger partial charge >= 0.3 is 0 Å². The fraction of sp³-hybridized carbons (Fsp3) is 0.667. The smallest absolute Gasteiger partial charge is 0.0282 e. The molecule has 8 heavy (non-hydrogen) atoms. The standard InChI is InChI=1S/C6H11NS/c1-2-4-7-5-3-6-8-7/h3,6H,2,4-5H2,1H3. The zero-order chi connectivity index (χ0) is 5.82. The van der Waals surface area contributed by atoms with Crippen LogP contribution < -0.4 is 0 Å². The minimum Gasteiger partial charge on any atom is -0.243 e. The van der Waals surface area contributed by atoms with Crippen molar-refractivity contribution in [2.75, 3.05) is 13.1 Å². The van der Waals surface area contributed by atoms with E-state index in [0.717, 1.165) is 6.54 Å². The molecule has 0 aromatic rings. The van der Waals surface area contributed by atoms with E-state index in [-0.39, 0.29) is 0 Å². The fourth-order valence-corrected chi connectivity index (χ4v) is 1.53. The molecule has 0 amide bonds. The van der Waals surface area contributed by atoms with Crippen molar-refractivity contribution >= 4 is 11.9 Å². The lowest BCUT2D eigenvalue weighted by atomic mass is 10.5. The fourth-order valence-electron chi connectivity index (χ4n) is 0.726. The van der Waals surface area contributed by atoms with E-state index in [9.17, 15) is 0 Å². The Morgan fingerprint density at radius 2 is 2.62 bits per heavy atom. The maximum Gasteiger partial charge on any atom is 0.0282 e. The SMILES string of the molecule is CCCN1CC=CS1. The highest BCUT2D eigenvalue weighted by Gasteiger charge is 2.03. The third kappa shape index (κ3) is 1.53. The molecule has 1 aliphatic heterocycles. The maximum atomic E-state index is 2.35. The predicted molar refractivity (Wildman–Crippen MR) is 38.6 cm³/mol. The van der Waals surface area contributed by atoms with Crippen LogP contribution in [0.3, 0.4) is 0 Å². The zero-order valence-corrected chi connectivity index (χ0v) is 5.95. The molecule has 1 nitrogen and oxygen atoms in total. The first-order chi connectivity index (χ1) is 3.93. The normalized spacial score (nSPS) is 20.1. The van der Waals surface area contributed by atoms with Crippen LogP contribution in [0.5, 0.6) is 0 Å². The molecule has 0 aliphatic carbocycles. The molecule has 0 unspecified atom stereocenters. The van der Waals surface area contributed by atoms with Gasteiger partial charge in [-0.05, 0) is 11.8 Å². The topological polar surface area (TPSA) is 3.24 Å². The first kappa shape index (κ1) is 6.17. The van der Waals surface area contributed by atoms with Crippen molar-refractivity contribution in [3.63, 3.8) is 0 Å². The number of rotatable bonds is 2. The molecule has 0 atom stereocenters. The van der Waals surface area contributed by atoms with Crippen LogP contribution in [0, 0.1) is 0 Å². The van der Waals surface area contributed by atoms with E-state index >= 15 is 0 Å². The van der Waals surface area contributed by atoms with Crippen molar-refractivity contribution in [2.24, 2.45) is 0 Å². The van der Waals surface area contributed by atoms with E-state index in [1.54, 1.807) is 0 Å². The summed E-state index contributed by atoms with van der Waals surface area (Å²) in [5.41, 5.74) is 0. The Morgan fingerprint density at radius 1 is 1.75 bits per heavy atom. The Labute approximate surface area is 54.9 Å². The van der Waals surface area contributed by atoms with Crippen molar-refractivity contribution in [3.8, 4) is 0 Å². The van der Waals surface area contributed by atoms with Crippen LogP contribution in [0.4, 0.5) is 0 Å². The summed E-state index contributed by atoms with van der Waals surface area (Å²) in [6.07, 6.45) is 3.45. The van der Waals surface area contributed by atoms with E-state index in [2.05, 4.69) is 22.7 Å². The van der Waals surface area contributed by atoms with E-state index < -0.39 is 0 Å². The molecule has 46 valence electrons. The summed E-state index contributed by atoms with van der Waals surface area (Å²) in [5.74, 6) is 0. The van der Waals surface area contributed by atoms with Gasteiger partial charge in [0.15, 0.2) is 0 Å². The molecule has 1 aliphatic rings. The second-order valence-electron chi connectivity index (χ2n) is 1.87. The van der Waals surface area contributed by atoms with Gasteiger partial charge in [-0.3, -0.25) is 0 Å². The summed E-state index contributed by atoms with van der Waals surface area (Å²) in [4.78, 5) is 0. The van der Waals surface area contributed by atoms with Crippen molar-refractivity contribution in [1.82, 2.24) is 4.31 Å². The van der Waals surface area contributed by atoms with Crippen molar-refractivity contribution in [2.45, 2.75) is 13.3 Å². The lowest BCUT2D eigenvalue weighted by Crippen LogP contribution is -2.11. The van der Waals surface area contributed by atoms with Gasteiger partial charge in [-0.25, -0.2) is 4.31 Å². The molecule has 0 radical (unpaired) electrons. The maximum absolute atomic E-state index is 2.35. The van der Waals surface area contributed by atoms with Crippen LogP contribution in [0.2, 0.25) is 0 Å². The summed E-state index contributed by atoms with van der Waals surface area (Å²) in [5, 5.41) is 2.15. The molecular formula is C6H11NS. The first-order valence-electron chi connectivity index (χ1n) is 3.00. The summed E-state index contributed by atoms with van der Waals surface area (Å²) < 4.78 is 2.35. The van der Waals surface area contributed by atoms with Crippen molar-refractivity contribution in [3.05, 3.63) is 11.5 Å². The number of hydrogen-bond donors (Lipinski definition) is 0. The molecule has 2 heteroatoms. The van der Waals surface area contributed by atoms with E-state index in [1.807, 2.05) is 11.9 Å². The van der Waals surface area contributed by atoms with Crippen LogP contribution in [-0.2, 0) is 0 Å². The van der Waals surface area contributed by atoms with Gasteiger partial charge in [0, 0.05) is 13.1 Å². The van der Waals surface area contributed by atoms with Gasteiger partial charge in [0.05, 0.1) is 0 Å². The predicted octanol–water partition coefficient (Wildman–Crippen LogP) is 1.87. The highest BCUT2D eigenvalue weighted by Crippen LogP contribution is 2.17. The van der Waals surface area contributed by atoms with E-state index in [0.29, 0.717) is 0 Å². The summed E-state index contributed by atoms with van der Waals surface area (Å²) >= 11 is 1.82. The average Bonchev–Trinajstić information content (AvgIpc) is 2.19. The minimum absolute atomic E-state index is 1.14. The Morgan fingerprint density at radius 3 is 3.12 bits per heavy atom. The molecule has 1 heterocycles. The van der Waals surface area contributed by atoms with Crippen LogP contribution >= 0.6 is 11.9 Å². The number of hydrogen-bond acceptors (Lipinski definition) is 2. The Bertz CT molecular complexity index is 82.5. The third-order valence-electron chi connectivity index (χ3n) is 1.09.